The Hall–Kier alpha value is -1.52. The summed E-state index contributed by atoms with van der Waals surface area (Å²) < 4.78 is 10.6. The molecule has 1 aromatic heterocycles. The second-order valence-corrected chi connectivity index (χ2v) is 7.53. The Balaban J connectivity index is 0.00000280. The molecule has 8 heteroatoms. The molecule has 2 aromatic rings. The van der Waals surface area contributed by atoms with Crippen molar-refractivity contribution in [3.8, 4) is 11.5 Å². The van der Waals surface area contributed by atoms with Gasteiger partial charge in [0.1, 0.15) is 0 Å². The van der Waals surface area contributed by atoms with Crippen molar-refractivity contribution in [1.82, 2.24) is 10.2 Å². The molecule has 0 spiro atoms. The van der Waals surface area contributed by atoms with Crippen LogP contribution in [-0.4, -0.2) is 44.7 Å². The van der Waals surface area contributed by atoms with Gasteiger partial charge >= 0.3 is 0 Å². The number of guanidine groups is 1. The van der Waals surface area contributed by atoms with Crippen LogP contribution < -0.4 is 20.5 Å². The Bertz CT molecular complexity index is 749. The Labute approximate surface area is 188 Å². The van der Waals surface area contributed by atoms with Gasteiger partial charge in [-0.2, -0.15) is 0 Å². The van der Waals surface area contributed by atoms with E-state index in [2.05, 4.69) is 32.7 Å². The van der Waals surface area contributed by atoms with E-state index < -0.39 is 0 Å². The Kier molecular flexibility index (Phi) is 9.33. The fourth-order valence-electron chi connectivity index (χ4n) is 3.36. The number of thiophene rings is 1. The average molecular weight is 516 g/mol. The molecule has 1 fully saturated rings. The minimum Gasteiger partial charge on any atom is -0.493 e. The third kappa shape index (κ3) is 5.99. The molecule has 6 nitrogen and oxygen atoms in total. The van der Waals surface area contributed by atoms with E-state index in [0.717, 1.165) is 25.2 Å². The van der Waals surface area contributed by atoms with Gasteiger partial charge in [-0.3, -0.25) is 4.90 Å². The van der Waals surface area contributed by atoms with Crippen LogP contribution in [0, 0.1) is 0 Å². The van der Waals surface area contributed by atoms with Gasteiger partial charge in [0, 0.05) is 11.4 Å². The molecule has 0 saturated carbocycles. The Morgan fingerprint density at radius 2 is 1.96 bits per heavy atom. The smallest absolute Gasteiger partial charge is 0.188 e. The summed E-state index contributed by atoms with van der Waals surface area (Å²) in [7, 11) is 3.26. The maximum absolute atomic E-state index is 6.12. The molecule has 0 amide bonds. The van der Waals surface area contributed by atoms with Crippen molar-refractivity contribution in [3.63, 3.8) is 0 Å². The van der Waals surface area contributed by atoms with E-state index in [1.807, 2.05) is 18.2 Å². The lowest BCUT2D eigenvalue weighted by molar-refractivity contribution is 0.249. The van der Waals surface area contributed by atoms with Crippen molar-refractivity contribution in [2.24, 2.45) is 10.7 Å². The quantitative estimate of drug-likeness (QED) is 0.319. The number of rotatable bonds is 8. The lowest BCUT2D eigenvalue weighted by Crippen LogP contribution is -2.39. The summed E-state index contributed by atoms with van der Waals surface area (Å²) in [5, 5.41) is 5.44. The fraction of sp³-hybridized carbons (Fsp3) is 0.450. The number of methoxy groups -OCH3 is 2. The number of hydrogen-bond acceptors (Lipinski definition) is 5. The number of halogens is 1. The first-order valence-corrected chi connectivity index (χ1v) is 10.1. The number of likely N-dealkylation sites (tertiary alicyclic amines) is 1. The number of nitrogens with zero attached hydrogens (tertiary/aromatic N) is 2. The Morgan fingerprint density at radius 3 is 2.61 bits per heavy atom. The maximum atomic E-state index is 6.12. The number of benzene rings is 1. The lowest BCUT2D eigenvalue weighted by Gasteiger charge is -2.27. The molecule has 28 heavy (non-hydrogen) atoms. The SMILES string of the molecule is COc1ccc(CN=C(N)NCC(c2cccs2)N2CCCC2)cc1OC.I. The molecule has 0 radical (unpaired) electrons. The summed E-state index contributed by atoms with van der Waals surface area (Å²) in [6.45, 7) is 3.55. The summed E-state index contributed by atoms with van der Waals surface area (Å²) in [6.07, 6.45) is 2.54. The molecule has 1 aromatic carbocycles. The van der Waals surface area contributed by atoms with Gasteiger partial charge in [-0.05, 0) is 55.1 Å². The van der Waals surface area contributed by atoms with E-state index in [1.54, 1.807) is 25.6 Å². The summed E-state index contributed by atoms with van der Waals surface area (Å²) in [5.41, 5.74) is 7.14. The third-order valence-corrected chi connectivity index (χ3v) is 5.78. The molecule has 0 aliphatic carbocycles. The molecule has 3 rings (SSSR count). The zero-order valence-corrected chi connectivity index (χ0v) is 19.5. The molecule has 1 aliphatic heterocycles. The first kappa shape index (κ1) is 22.8. The zero-order chi connectivity index (χ0) is 19.1. The van der Waals surface area contributed by atoms with Gasteiger partial charge in [-0.15, -0.1) is 35.3 Å². The zero-order valence-electron chi connectivity index (χ0n) is 16.4. The van der Waals surface area contributed by atoms with E-state index in [-0.39, 0.29) is 24.0 Å². The Morgan fingerprint density at radius 1 is 1.21 bits per heavy atom. The molecule has 0 bridgehead atoms. The van der Waals surface area contributed by atoms with Crippen LogP contribution in [0.15, 0.2) is 40.7 Å². The van der Waals surface area contributed by atoms with Crippen molar-refractivity contribution in [2.75, 3.05) is 33.9 Å². The van der Waals surface area contributed by atoms with Crippen LogP contribution in [0.25, 0.3) is 0 Å². The standard InChI is InChI=1S/C20H28N4O2S.HI/c1-25-17-8-7-15(12-18(17)26-2)13-22-20(21)23-14-16(19-6-5-11-27-19)24-9-3-4-10-24;/h5-8,11-12,16H,3-4,9-10,13-14H2,1-2H3,(H3,21,22,23);1H. The summed E-state index contributed by atoms with van der Waals surface area (Å²) in [6, 6.07) is 10.4. The number of nitrogens with two attached hydrogens (primary N) is 1. The van der Waals surface area contributed by atoms with Crippen LogP contribution in [0.4, 0.5) is 0 Å². The van der Waals surface area contributed by atoms with Crippen LogP contribution in [0.3, 0.4) is 0 Å². The number of nitrogens with one attached hydrogen (secondary N) is 1. The minimum absolute atomic E-state index is 0. The van der Waals surface area contributed by atoms with Crippen molar-refractivity contribution in [3.05, 3.63) is 46.2 Å². The van der Waals surface area contributed by atoms with E-state index >= 15 is 0 Å². The monoisotopic (exact) mass is 516 g/mol. The second kappa shape index (κ2) is 11.5. The third-order valence-electron chi connectivity index (χ3n) is 4.81. The van der Waals surface area contributed by atoms with Gasteiger partial charge in [-0.25, -0.2) is 4.99 Å². The highest BCUT2D eigenvalue weighted by Crippen LogP contribution is 2.28. The highest BCUT2D eigenvalue weighted by atomic mass is 127. The molecular formula is C20H29IN4O2S. The predicted molar refractivity (Wildman–Crippen MR) is 126 cm³/mol. The van der Waals surface area contributed by atoms with Crippen molar-refractivity contribution < 1.29 is 9.47 Å². The summed E-state index contributed by atoms with van der Waals surface area (Å²) in [4.78, 5) is 8.38. The van der Waals surface area contributed by atoms with E-state index in [9.17, 15) is 0 Å². The normalized spacial score (nSPS) is 15.7. The minimum atomic E-state index is 0. The molecule has 1 saturated heterocycles. The summed E-state index contributed by atoms with van der Waals surface area (Å²) in [5.74, 6) is 1.87. The van der Waals surface area contributed by atoms with E-state index in [0.29, 0.717) is 30.0 Å². The van der Waals surface area contributed by atoms with Crippen LogP contribution >= 0.6 is 35.3 Å². The highest BCUT2D eigenvalue weighted by Gasteiger charge is 2.24. The van der Waals surface area contributed by atoms with Gasteiger partial charge < -0.3 is 20.5 Å². The van der Waals surface area contributed by atoms with Crippen LogP contribution in [0.1, 0.15) is 29.3 Å². The topological polar surface area (TPSA) is 72.1 Å². The molecule has 1 atom stereocenters. The van der Waals surface area contributed by atoms with Gasteiger partial charge in [0.05, 0.1) is 26.8 Å². The van der Waals surface area contributed by atoms with E-state index in [4.69, 9.17) is 15.2 Å². The molecule has 3 N–H and O–H groups in total. The fourth-order valence-corrected chi connectivity index (χ4v) is 4.22. The number of aliphatic imine (C=N–C) groups is 1. The molecule has 1 aliphatic rings. The number of ether oxygens (including phenoxy) is 2. The molecule has 2 heterocycles. The van der Waals surface area contributed by atoms with Gasteiger partial charge in [0.15, 0.2) is 17.5 Å². The van der Waals surface area contributed by atoms with Crippen molar-refractivity contribution in [2.45, 2.75) is 25.4 Å². The van der Waals surface area contributed by atoms with Gasteiger partial charge in [0.25, 0.3) is 0 Å². The van der Waals surface area contributed by atoms with Crippen molar-refractivity contribution >= 4 is 41.3 Å². The van der Waals surface area contributed by atoms with Crippen LogP contribution in [-0.2, 0) is 6.54 Å². The number of hydrogen-bond donors (Lipinski definition) is 2. The molecule has 154 valence electrons. The lowest BCUT2D eigenvalue weighted by atomic mass is 10.2. The van der Waals surface area contributed by atoms with Gasteiger partial charge in [-0.1, -0.05) is 12.1 Å². The first-order chi connectivity index (χ1) is 13.2. The first-order valence-electron chi connectivity index (χ1n) is 9.23. The predicted octanol–water partition coefficient (Wildman–Crippen LogP) is 3.62. The van der Waals surface area contributed by atoms with Crippen LogP contribution in [0.5, 0.6) is 11.5 Å². The highest BCUT2D eigenvalue weighted by molar-refractivity contribution is 14.0. The molecular weight excluding hydrogens is 487 g/mol. The van der Waals surface area contributed by atoms with Crippen molar-refractivity contribution in [1.29, 1.82) is 0 Å². The second-order valence-electron chi connectivity index (χ2n) is 6.55. The largest absolute Gasteiger partial charge is 0.493 e. The van der Waals surface area contributed by atoms with Crippen LogP contribution in [0.2, 0.25) is 0 Å². The van der Waals surface area contributed by atoms with E-state index in [1.165, 1.54) is 17.7 Å². The summed E-state index contributed by atoms with van der Waals surface area (Å²) >= 11 is 1.80. The maximum Gasteiger partial charge on any atom is 0.188 e. The van der Waals surface area contributed by atoms with Gasteiger partial charge in [0.2, 0.25) is 0 Å². The average Bonchev–Trinajstić information content (AvgIpc) is 3.41. The molecule has 1 unspecified atom stereocenters.